The number of benzene rings is 1. The lowest BCUT2D eigenvalue weighted by Crippen LogP contribution is -2.56. The molecule has 1 rings (SSSR count). The van der Waals surface area contributed by atoms with Crippen molar-refractivity contribution >= 4 is 22.6 Å². The van der Waals surface area contributed by atoms with E-state index in [0.717, 1.165) is 7.11 Å². The van der Waals surface area contributed by atoms with Gasteiger partial charge in [-0.1, -0.05) is 13.3 Å². The minimum atomic E-state index is -5.78. The van der Waals surface area contributed by atoms with Gasteiger partial charge in [-0.3, -0.25) is 0 Å². The number of aryl methyl sites for hydroxylation is 1. The molecular weight excluding hydrogens is 457 g/mol. The number of alkyl halides is 6. The van der Waals surface area contributed by atoms with Crippen molar-refractivity contribution in [2.45, 2.75) is 37.7 Å². The molecule has 0 aliphatic rings. The molecule has 0 radical (unpaired) electrons. The molecule has 0 heterocycles. The Labute approximate surface area is 148 Å². The standard InChI is InChI=1S/C14H15F6IO3/c1-3-4-8-5-9(6-10(21)11(8)22)12(13(15,16)17,14(18,19)20)24-7-23-2/h5-6,22H,3-4,7H2,1-2H3. The van der Waals surface area contributed by atoms with Gasteiger partial charge in [-0.15, -0.1) is 0 Å². The summed E-state index contributed by atoms with van der Waals surface area (Å²) in [4.78, 5) is 0. The van der Waals surface area contributed by atoms with Crippen molar-refractivity contribution in [2.24, 2.45) is 0 Å². The zero-order chi connectivity index (χ0) is 18.8. The first-order valence-electron chi connectivity index (χ1n) is 6.70. The van der Waals surface area contributed by atoms with Gasteiger partial charge >= 0.3 is 12.4 Å². The minimum absolute atomic E-state index is 0.0155. The normalized spacial score (nSPS) is 13.4. The maximum atomic E-state index is 13.5. The molecular formula is C14H15F6IO3. The highest BCUT2D eigenvalue weighted by Crippen LogP contribution is 2.53. The molecule has 0 aliphatic carbocycles. The van der Waals surface area contributed by atoms with Gasteiger partial charge in [0.15, 0.2) is 0 Å². The monoisotopic (exact) mass is 472 g/mol. The minimum Gasteiger partial charge on any atom is -0.507 e. The molecule has 0 unspecified atom stereocenters. The van der Waals surface area contributed by atoms with Gasteiger partial charge in [0, 0.05) is 12.7 Å². The Morgan fingerprint density at radius 3 is 2.04 bits per heavy atom. The van der Waals surface area contributed by atoms with Crippen molar-refractivity contribution < 1.29 is 40.9 Å². The summed E-state index contributed by atoms with van der Waals surface area (Å²) in [7, 11) is 0.917. The summed E-state index contributed by atoms with van der Waals surface area (Å²) in [6.07, 6.45) is -11.0. The highest BCUT2D eigenvalue weighted by atomic mass is 127. The van der Waals surface area contributed by atoms with E-state index in [1.54, 1.807) is 6.92 Å². The SMILES string of the molecule is CCCc1cc(C(OCOC)(C(F)(F)F)C(F)(F)F)cc(I)c1O. The highest BCUT2D eigenvalue weighted by molar-refractivity contribution is 14.1. The second kappa shape index (κ2) is 7.65. The number of halogens is 7. The molecule has 0 aromatic heterocycles. The van der Waals surface area contributed by atoms with Gasteiger partial charge in [0.25, 0.3) is 5.60 Å². The van der Waals surface area contributed by atoms with E-state index in [0.29, 0.717) is 18.6 Å². The zero-order valence-corrected chi connectivity index (χ0v) is 14.8. The van der Waals surface area contributed by atoms with Crippen LogP contribution in [0, 0.1) is 3.57 Å². The van der Waals surface area contributed by atoms with Crippen molar-refractivity contribution in [2.75, 3.05) is 13.9 Å². The molecule has 1 aromatic rings. The van der Waals surface area contributed by atoms with Crippen LogP contribution in [0.15, 0.2) is 12.1 Å². The van der Waals surface area contributed by atoms with Gasteiger partial charge in [-0.25, -0.2) is 0 Å². The lowest BCUT2D eigenvalue weighted by molar-refractivity contribution is -0.400. The van der Waals surface area contributed by atoms with Gasteiger partial charge in [0.05, 0.1) is 3.57 Å². The Hall–Kier alpha value is -0.750. The van der Waals surface area contributed by atoms with Crippen molar-refractivity contribution in [1.82, 2.24) is 0 Å². The smallest absolute Gasteiger partial charge is 0.430 e. The van der Waals surface area contributed by atoms with Crippen LogP contribution in [-0.4, -0.2) is 31.4 Å². The van der Waals surface area contributed by atoms with Gasteiger partial charge in [0.1, 0.15) is 12.5 Å². The Morgan fingerprint density at radius 2 is 1.62 bits per heavy atom. The van der Waals surface area contributed by atoms with E-state index >= 15 is 0 Å². The molecule has 0 atom stereocenters. The summed E-state index contributed by atoms with van der Waals surface area (Å²) >= 11 is 1.48. The first-order valence-corrected chi connectivity index (χ1v) is 7.78. The zero-order valence-electron chi connectivity index (χ0n) is 12.7. The number of phenols is 1. The molecule has 0 aliphatic heterocycles. The van der Waals surface area contributed by atoms with Crippen LogP contribution in [0.1, 0.15) is 24.5 Å². The first kappa shape index (κ1) is 21.3. The molecule has 0 amide bonds. The second-order valence-electron chi connectivity index (χ2n) is 4.94. The van der Waals surface area contributed by atoms with Crippen LogP contribution in [0.4, 0.5) is 26.3 Å². The van der Waals surface area contributed by atoms with Crippen LogP contribution in [0.2, 0.25) is 0 Å². The van der Waals surface area contributed by atoms with E-state index < -0.39 is 30.3 Å². The third-order valence-corrected chi connectivity index (χ3v) is 4.08. The molecule has 0 saturated heterocycles. The molecule has 0 saturated carbocycles. The van der Waals surface area contributed by atoms with Crippen molar-refractivity contribution in [3.05, 3.63) is 26.8 Å². The second-order valence-corrected chi connectivity index (χ2v) is 6.11. The number of rotatable bonds is 6. The van der Waals surface area contributed by atoms with E-state index in [9.17, 15) is 31.4 Å². The molecule has 0 bridgehead atoms. The average molecular weight is 472 g/mol. The predicted octanol–water partition coefficient (Wildman–Crippen LogP) is 4.89. The lowest BCUT2D eigenvalue weighted by atomic mass is 9.89. The highest BCUT2D eigenvalue weighted by Gasteiger charge is 2.73. The van der Waals surface area contributed by atoms with Gasteiger partial charge in [-0.2, -0.15) is 26.3 Å². The Balaban J connectivity index is 3.72. The maximum Gasteiger partial charge on any atom is 0.430 e. The predicted molar refractivity (Wildman–Crippen MR) is 81.6 cm³/mol. The van der Waals surface area contributed by atoms with E-state index in [2.05, 4.69) is 9.47 Å². The van der Waals surface area contributed by atoms with Crippen LogP contribution in [0.3, 0.4) is 0 Å². The third kappa shape index (κ3) is 3.90. The van der Waals surface area contributed by atoms with Crippen molar-refractivity contribution in [3.8, 4) is 5.75 Å². The Morgan fingerprint density at radius 1 is 1.08 bits per heavy atom. The summed E-state index contributed by atoms with van der Waals surface area (Å²) in [6, 6.07) is 1.29. The first-order chi connectivity index (χ1) is 10.9. The number of ether oxygens (including phenoxy) is 2. The van der Waals surface area contributed by atoms with E-state index in [4.69, 9.17) is 0 Å². The topological polar surface area (TPSA) is 38.7 Å². The molecule has 1 aromatic carbocycles. The molecule has 0 spiro atoms. The van der Waals surface area contributed by atoms with Crippen LogP contribution in [0.5, 0.6) is 5.75 Å². The number of aromatic hydroxyl groups is 1. The summed E-state index contributed by atoms with van der Waals surface area (Å²) in [5.74, 6) is -0.341. The number of hydrogen-bond donors (Lipinski definition) is 1. The Bertz CT molecular complexity index is 557. The molecule has 0 fully saturated rings. The Kier molecular flexibility index (Phi) is 6.78. The van der Waals surface area contributed by atoms with Crippen LogP contribution in [0.25, 0.3) is 0 Å². The maximum absolute atomic E-state index is 13.5. The number of hydrogen-bond acceptors (Lipinski definition) is 3. The van der Waals surface area contributed by atoms with E-state index in [1.807, 2.05) is 0 Å². The van der Waals surface area contributed by atoms with Crippen LogP contribution >= 0.6 is 22.6 Å². The van der Waals surface area contributed by atoms with Crippen LogP contribution < -0.4 is 0 Å². The third-order valence-electron chi connectivity index (χ3n) is 3.26. The molecule has 10 heteroatoms. The fourth-order valence-electron chi connectivity index (χ4n) is 2.20. The largest absolute Gasteiger partial charge is 0.507 e. The van der Waals surface area contributed by atoms with Gasteiger partial charge in [-0.05, 0) is 46.7 Å². The van der Waals surface area contributed by atoms with Gasteiger partial charge < -0.3 is 14.6 Å². The summed E-state index contributed by atoms with van der Waals surface area (Å²) < 4.78 is 89.1. The molecule has 1 N–H and O–H groups in total. The van der Waals surface area contributed by atoms with Crippen molar-refractivity contribution in [3.63, 3.8) is 0 Å². The fraction of sp³-hybridized carbons (Fsp3) is 0.571. The number of phenolic OH excluding ortho intramolecular Hbond substituents is 1. The lowest BCUT2D eigenvalue weighted by Gasteiger charge is -2.37. The fourth-order valence-corrected chi connectivity index (χ4v) is 2.88. The molecule has 24 heavy (non-hydrogen) atoms. The van der Waals surface area contributed by atoms with Gasteiger partial charge in [0.2, 0.25) is 0 Å². The summed E-state index contributed by atoms with van der Waals surface area (Å²) in [6.45, 7) is 0.473. The van der Waals surface area contributed by atoms with E-state index in [1.165, 1.54) is 22.6 Å². The summed E-state index contributed by atoms with van der Waals surface area (Å²) in [5, 5.41) is 9.87. The molecule has 138 valence electrons. The number of methoxy groups -OCH3 is 1. The van der Waals surface area contributed by atoms with E-state index in [-0.39, 0.29) is 21.3 Å². The van der Waals surface area contributed by atoms with Crippen LogP contribution in [-0.2, 0) is 21.5 Å². The quantitative estimate of drug-likeness (QED) is 0.364. The average Bonchev–Trinajstić information content (AvgIpc) is 2.42. The summed E-state index contributed by atoms with van der Waals surface area (Å²) in [5.41, 5.74) is -5.71. The van der Waals surface area contributed by atoms with Crippen molar-refractivity contribution in [1.29, 1.82) is 0 Å². The molecule has 3 nitrogen and oxygen atoms in total.